The van der Waals surface area contributed by atoms with Crippen LogP contribution in [-0.4, -0.2) is 50.7 Å². The first-order chi connectivity index (χ1) is 15.5. The summed E-state index contributed by atoms with van der Waals surface area (Å²) in [6.45, 7) is 0. The first-order valence-corrected chi connectivity index (χ1v) is 13.5. The Morgan fingerprint density at radius 3 is 1.74 bits per heavy atom. The van der Waals surface area contributed by atoms with E-state index in [9.17, 15) is 43.2 Å². The smallest absolute Gasteiger partial charge is 0.416 e. The second-order valence-electron chi connectivity index (χ2n) is 6.41. The standard InChI is InChI=1S/C18H17F6NO6S3/c1-30-16(25(33(26,27)17(19,20)21)34(28,29)18(22,23)24)31-14-8-10-15(11-9-14)32(2)12-13-6-4-3-5-7-13/h3-11H,12H2,1-2H3/q+2. The summed E-state index contributed by atoms with van der Waals surface area (Å²) in [4.78, 5) is 0.734. The third kappa shape index (κ3) is 5.96. The van der Waals surface area contributed by atoms with Gasteiger partial charge in [0, 0.05) is 16.5 Å². The molecule has 2 aromatic rings. The molecule has 34 heavy (non-hydrogen) atoms. The fourth-order valence-corrected chi connectivity index (χ4v) is 6.41. The summed E-state index contributed by atoms with van der Waals surface area (Å²) in [5, 5.41) is 0. The lowest BCUT2D eigenvalue weighted by Crippen LogP contribution is -2.47. The Bertz CT molecular complexity index is 1200. The zero-order valence-electron chi connectivity index (χ0n) is 17.3. The highest BCUT2D eigenvalue weighted by Crippen LogP contribution is 2.33. The van der Waals surface area contributed by atoms with Crippen LogP contribution in [0.3, 0.4) is 0 Å². The van der Waals surface area contributed by atoms with Gasteiger partial charge in [-0.25, -0.2) is 0 Å². The van der Waals surface area contributed by atoms with Crippen LogP contribution >= 0.6 is 0 Å². The van der Waals surface area contributed by atoms with E-state index in [4.69, 9.17) is 4.74 Å². The van der Waals surface area contributed by atoms with Gasteiger partial charge in [-0.1, -0.05) is 30.3 Å². The van der Waals surface area contributed by atoms with E-state index in [0.29, 0.717) is 12.9 Å². The van der Waals surface area contributed by atoms with Gasteiger partial charge in [0.25, 0.3) is 0 Å². The maximum Gasteiger partial charge on any atom is 0.591 e. The van der Waals surface area contributed by atoms with Crippen LogP contribution in [0.4, 0.5) is 26.3 Å². The molecule has 16 heteroatoms. The van der Waals surface area contributed by atoms with Crippen LogP contribution in [0.15, 0.2) is 59.5 Å². The molecule has 2 rings (SSSR count). The Hall–Kier alpha value is -2.46. The molecule has 1 unspecified atom stereocenters. The van der Waals surface area contributed by atoms with E-state index >= 15 is 0 Å². The van der Waals surface area contributed by atoms with E-state index in [0.717, 1.165) is 22.6 Å². The Kier molecular flexibility index (Phi) is 8.20. The van der Waals surface area contributed by atoms with Crippen molar-refractivity contribution >= 4 is 37.0 Å². The highest BCUT2D eigenvalue weighted by Gasteiger charge is 2.69. The van der Waals surface area contributed by atoms with Crippen LogP contribution in [0, 0.1) is 0 Å². The van der Waals surface area contributed by atoms with E-state index < -0.39 is 46.3 Å². The topological polar surface area (TPSA) is 89.8 Å². The van der Waals surface area contributed by atoms with Crippen LogP contribution < -0.4 is 4.74 Å². The van der Waals surface area contributed by atoms with E-state index in [1.165, 1.54) is 12.1 Å². The number of sulfonamides is 2. The van der Waals surface area contributed by atoms with Gasteiger partial charge in [0.05, 0.1) is 10.5 Å². The molecule has 0 aliphatic carbocycles. The van der Waals surface area contributed by atoms with Crippen molar-refractivity contribution < 1.29 is 56.0 Å². The fraction of sp³-hybridized carbons (Fsp3) is 0.278. The summed E-state index contributed by atoms with van der Waals surface area (Å²) in [6, 6.07) is 14.4. The predicted molar refractivity (Wildman–Crippen MR) is 111 cm³/mol. The summed E-state index contributed by atoms with van der Waals surface area (Å²) >= 11 is 0. The fourth-order valence-electron chi connectivity index (χ4n) is 2.42. The normalized spacial score (nSPS) is 13.8. The lowest BCUT2D eigenvalue weighted by molar-refractivity contribution is -0.256. The highest BCUT2D eigenvalue weighted by atomic mass is 32.3. The van der Waals surface area contributed by atoms with E-state index in [1.807, 2.05) is 36.6 Å². The summed E-state index contributed by atoms with van der Waals surface area (Å²) in [7, 11) is -14.2. The molecule has 0 aliphatic rings. The van der Waals surface area contributed by atoms with Gasteiger partial charge in [0.2, 0.25) is 0 Å². The van der Waals surface area contributed by atoms with Gasteiger partial charge in [-0.2, -0.15) is 43.2 Å². The molecule has 0 aromatic heterocycles. The molecule has 0 fully saturated rings. The maximum atomic E-state index is 13.0. The Morgan fingerprint density at radius 1 is 0.853 bits per heavy atom. The number of hydrogen-bond acceptors (Lipinski definition) is 6. The van der Waals surface area contributed by atoms with Gasteiger partial charge in [0.15, 0.2) is 4.90 Å². The highest BCUT2D eigenvalue weighted by molar-refractivity contribution is 7.98. The number of hydrogen-bond donors (Lipinski definition) is 0. The number of halogens is 6. The SMILES string of the molecule is COC(Oc1ccc([S+](C)Cc2ccccc2)cc1)=[N+](S(=O)(=O)C(F)(F)F)S(=O)(=O)C(F)(F)F. The zero-order chi connectivity index (χ0) is 25.9. The summed E-state index contributed by atoms with van der Waals surface area (Å²) in [5.74, 6) is 0.162. The lowest BCUT2D eigenvalue weighted by atomic mass is 10.2. The predicted octanol–water partition coefficient (Wildman–Crippen LogP) is 3.59. The third-order valence-corrected chi connectivity index (χ3v) is 9.36. The average Bonchev–Trinajstić information content (AvgIpc) is 2.72. The summed E-state index contributed by atoms with van der Waals surface area (Å²) in [5.41, 5.74) is -11.8. The van der Waals surface area contributed by atoms with Crippen molar-refractivity contribution in [3.05, 3.63) is 60.2 Å². The molecule has 0 amide bonds. The van der Waals surface area contributed by atoms with E-state index in [2.05, 4.69) is 4.74 Å². The van der Waals surface area contributed by atoms with Gasteiger partial charge >= 0.3 is 37.1 Å². The summed E-state index contributed by atoms with van der Waals surface area (Å²) in [6.07, 6.45) is -0.189. The van der Waals surface area contributed by atoms with Gasteiger partial charge in [0.1, 0.15) is 17.8 Å². The number of rotatable bonds is 6. The van der Waals surface area contributed by atoms with Crippen molar-refractivity contribution in [2.45, 2.75) is 21.7 Å². The molecule has 0 saturated carbocycles. The molecule has 0 bridgehead atoms. The number of ether oxygens (including phenoxy) is 2. The minimum absolute atomic E-state index is 0.361. The molecule has 188 valence electrons. The molecule has 0 N–H and O–H groups in total. The van der Waals surface area contributed by atoms with Crippen molar-refractivity contribution in [3.63, 3.8) is 0 Å². The minimum atomic E-state index is -7.13. The van der Waals surface area contributed by atoms with Crippen LogP contribution in [0.2, 0.25) is 0 Å². The second kappa shape index (κ2) is 10.0. The first-order valence-electron chi connectivity index (χ1n) is 8.80. The molecule has 0 radical (unpaired) electrons. The van der Waals surface area contributed by atoms with Crippen LogP contribution in [-0.2, 0) is 41.4 Å². The second-order valence-corrected chi connectivity index (χ2v) is 12.2. The number of methoxy groups -OCH3 is 1. The lowest BCUT2D eigenvalue weighted by Gasteiger charge is -2.11. The molecule has 0 spiro atoms. The van der Waals surface area contributed by atoms with Crippen LogP contribution in [0.5, 0.6) is 5.75 Å². The van der Waals surface area contributed by atoms with Crippen LogP contribution in [0.1, 0.15) is 5.56 Å². The van der Waals surface area contributed by atoms with Crippen LogP contribution in [0.25, 0.3) is 0 Å². The molecule has 0 aliphatic heterocycles. The Morgan fingerprint density at radius 2 is 1.32 bits per heavy atom. The molecule has 2 aromatic carbocycles. The van der Waals surface area contributed by atoms with E-state index in [-0.39, 0.29) is 10.9 Å². The molecule has 0 saturated heterocycles. The molecular weight excluding hydrogens is 536 g/mol. The first kappa shape index (κ1) is 27.8. The third-order valence-electron chi connectivity index (χ3n) is 4.00. The van der Waals surface area contributed by atoms with Gasteiger partial charge in [-0.3, -0.25) is 0 Å². The van der Waals surface area contributed by atoms with E-state index in [1.54, 1.807) is 0 Å². The molecule has 7 nitrogen and oxygen atoms in total. The van der Waals surface area contributed by atoms with Crippen molar-refractivity contribution in [3.8, 4) is 5.75 Å². The Balaban J connectivity index is 2.48. The quantitative estimate of drug-likeness (QED) is 0.179. The number of benzene rings is 2. The monoisotopic (exact) mass is 553 g/mol. The minimum Gasteiger partial charge on any atom is -0.416 e. The average molecular weight is 554 g/mol. The van der Waals surface area contributed by atoms with Gasteiger partial charge in [-0.15, -0.1) is 0 Å². The number of alkyl halides is 6. The van der Waals surface area contributed by atoms with Crippen molar-refractivity contribution in [2.75, 3.05) is 13.4 Å². The Labute approximate surface area is 194 Å². The van der Waals surface area contributed by atoms with Crippen molar-refractivity contribution in [1.82, 2.24) is 0 Å². The van der Waals surface area contributed by atoms with Gasteiger partial charge < -0.3 is 9.47 Å². The van der Waals surface area contributed by atoms with Crippen molar-refractivity contribution in [2.24, 2.45) is 0 Å². The van der Waals surface area contributed by atoms with Crippen molar-refractivity contribution in [1.29, 1.82) is 0 Å². The largest absolute Gasteiger partial charge is 0.591 e. The summed E-state index contributed by atoms with van der Waals surface area (Å²) < 4.78 is 132. The number of nitrogens with zero attached hydrogens (tertiary/aromatic N) is 1. The molecule has 0 heterocycles. The molecular formula is C18H17F6NO6S3+2. The molecule has 1 atom stereocenters. The van der Waals surface area contributed by atoms with Gasteiger partial charge in [-0.05, 0) is 24.3 Å². The zero-order valence-corrected chi connectivity index (χ0v) is 19.7. The maximum absolute atomic E-state index is 13.0.